The number of aromatic nitrogens is 2. The Kier molecular flexibility index (Phi) is 5.06. The minimum absolute atomic E-state index is 0.0144. The third kappa shape index (κ3) is 3.31. The average molecular weight is 409 g/mol. The lowest BCUT2D eigenvalue weighted by Crippen LogP contribution is -2.41. The van der Waals surface area contributed by atoms with Crippen LogP contribution < -0.4 is 0 Å². The number of likely N-dealkylation sites (tertiary alicyclic amines) is 2. The number of hydrogen-bond donors (Lipinski definition) is 0. The number of ether oxygens (including phenoxy) is 1. The number of hydrogen-bond acceptors (Lipinski definition) is 4. The minimum atomic E-state index is -0.0221. The molecule has 30 heavy (non-hydrogen) atoms. The van der Waals surface area contributed by atoms with E-state index in [9.17, 15) is 9.59 Å². The summed E-state index contributed by atoms with van der Waals surface area (Å²) in [5, 5.41) is 4.17. The molecular formula is C23H28N4O3. The first-order valence-corrected chi connectivity index (χ1v) is 10.8. The highest BCUT2D eigenvalue weighted by Gasteiger charge is 2.50. The number of carbonyl (C=O) groups excluding carboxylic acids is 2. The Balaban J connectivity index is 1.40. The molecule has 0 aliphatic carbocycles. The molecule has 3 fully saturated rings. The maximum Gasteiger partial charge on any atom is 0.272 e. The van der Waals surface area contributed by atoms with E-state index in [-0.39, 0.29) is 29.7 Å². The van der Waals surface area contributed by atoms with Crippen molar-refractivity contribution in [1.29, 1.82) is 0 Å². The fourth-order valence-corrected chi connectivity index (χ4v) is 5.44. The summed E-state index contributed by atoms with van der Waals surface area (Å²) < 4.78 is 7.06. The SMILES string of the molecule is Cn1nccc1C(=O)N1C[C@@H]2CN(C(=O)C3CCOCC3)C[C@@H]2[C@@H]1c1ccccc1. The normalized spacial score (nSPS) is 26.8. The summed E-state index contributed by atoms with van der Waals surface area (Å²) in [4.78, 5) is 30.5. The molecule has 2 amide bonds. The van der Waals surface area contributed by atoms with Crippen molar-refractivity contribution in [3.8, 4) is 0 Å². The van der Waals surface area contributed by atoms with Crippen LogP contribution in [-0.2, 0) is 16.6 Å². The second-order valence-corrected chi connectivity index (χ2v) is 8.71. The van der Waals surface area contributed by atoms with Crippen molar-refractivity contribution in [2.45, 2.75) is 18.9 Å². The van der Waals surface area contributed by atoms with E-state index in [1.807, 2.05) is 28.0 Å². The van der Waals surface area contributed by atoms with Crippen LogP contribution in [-0.4, -0.2) is 64.2 Å². The van der Waals surface area contributed by atoms with E-state index in [0.717, 1.165) is 31.5 Å². The van der Waals surface area contributed by atoms with E-state index < -0.39 is 0 Å². The van der Waals surface area contributed by atoms with Crippen LogP contribution in [0.2, 0.25) is 0 Å². The molecule has 0 saturated carbocycles. The zero-order valence-corrected chi connectivity index (χ0v) is 17.3. The molecule has 1 aromatic heterocycles. The number of carbonyl (C=O) groups is 2. The summed E-state index contributed by atoms with van der Waals surface area (Å²) in [5.74, 6) is 0.925. The molecule has 0 N–H and O–H groups in total. The highest BCUT2D eigenvalue weighted by atomic mass is 16.5. The third-order valence-corrected chi connectivity index (χ3v) is 6.99. The van der Waals surface area contributed by atoms with Crippen LogP contribution in [0.1, 0.15) is 34.9 Å². The Morgan fingerprint density at radius 1 is 1.03 bits per heavy atom. The summed E-state index contributed by atoms with van der Waals surface area (Å²) >= 11 is 0. The molecule has 1 aromatic carbocycles. The maximum atomic E-state index is 13.4. The van der Waals surface area contributed by atoms with Gasteiger partial charge in [-0.15, -0.1) is 0 Å². The quantitative estimate of drug-likeness (QED) is 0.780. The molecule has 3 aliphatic heterocycles. The van der Waals surface area contributed by atoms with Gasteiger partial charge in [-0.2, -0.15) is 5.10 Å². The van der Waals surface area contributed by atoms with Gasteiger partial charge in [-0.25, -0.2) is 0 Å². The van der Waals surface area contributed by atoms with E-state index in [4.69, 9.17) is 4.74 Å². The van der Waals surface area contributed by atoms with Gasteiger partial charge >= 0.3 is 0 Å². The summed E-state index contributed by atoms with van der Waals surface area (Å²) in [6, 6.07) is 12.0. The van der Waals surface area contributed by atoms with E-state index in [2.05, 4.69) is 17.2 Å². The number of rotatable bonds is 3. The summed E-state index contributed by atoms with van der Waals surface area (Å²) in [7, 11) is 1.80. The summed E-state index contributed by atoms with van der Waals surface area (Å²) in [6.45, 7) is 3.48. The molecule has 4 heterocycles. The number of benzene rings is 1. The van der Waals surface area contributed by atoms with Crippen LogP contribution in [0.3, 0.4) is 0 Å². The van der Waals surface area contributed by atoms with Gasteiger partial charge in [0.25, 0.3) is 5.91 Å². The molecule has 0 radical (unpaired) electrons. The molecule has 3 aliphatic rings. The number of nitrogens with zero attached hydrogens (tertiary/aromatic N) is 4. The Bertz CT molecular complexity index is 922. The van der Waals surface area contributed by atoms with Crippen LogP contribution >= 0.6 is 0 Å². The Morgan fingerprint density at radius 2 is 1.80 bits per heavy atom. The average Bonchev–Trinajstić information content (AvgIpc) is 3.48. The van der Waals surface area contributed by atoms with Gasteiger partial charge in [0.05, 0.1) is 6.04 Å². The molecule has 3 atom stereocenters. The van der Waals surface area contributed by atoms with Crippen molar-refractivity contribution in [2.75, 3.05) is 32.8 Å². The van der Waals surface area contributed by atoms with Gasteiger partial charge in [-0.05, 0) is 24.5 Å². The molecule has 0 spiro atoms. The zero-order chi connectivity index (χ0) is 20.7. The molecule has 7 heteroatoms. The monoisotopic (exact) mass is 408 g/mol. The molecule has 0 bridgehead atoms. The van der Waals surface area contributed by atoms with Gasteiger partial charge in [0, 0.05) is 63.8 Å². The van der Waals surface area contributed by atoms with Crippen molar-refractivity contribution in [2.24, 2.45) is 24.8 Å². The number of fused-ring (bicyclic) bond motifs is 1. The summed E-state index contributed by atoms with van der Waals surface area (Å²) in [5.41, 5.74) is 1.74. The minimum Gasteiger partial charge on any atom is -0.381 e. The smallest absolute Gasteiger partial charge is 0.272 e. The van der Waals surface area contributed by atoms with E-state index >= 15 is 0 Å². The van der Waals surface area contributed by atoms with Crippen LogP contribution in [0.15, 0.2) is 42.6 Å². The first-order valence-electron chi connectivity index (χ1n) is 10.8. The lowest BCUT2D eigenvalue weighted by molar-refractivity contribution is -0.137. The van der Waals surface area contributed by atoms with Crippen molar-refractivity contribution in [1.82, 2.24) is 19.6 Å². The van der Waals surface area contributed by atoms with E-state index in [1.54, 1.807) is 24.0 Å². The topological polar surface area (TPSA) is 67.7 Å². The number of aryl methyl sites for hydroxylation is 1. The van der Waals surface area contributed by atoms with Crippen LogP contribution in [0, 0.1) is 17.8 Å². The van der Waals surface area contributed by atoms with Crippen molar-refractivity contribution < 1.29 is 14.3 Å². The van der Waals surface area contributed by atoms with Crippen molar-refractivity contribution >= 4 is 11.8 Å². The molecule has 0 unspecified atom stereocenters. The van der Waals surface area contributed by atoms with Gasteiger partial charge in [0.2, 0.25) is 5.91 Å². The molecule has 5 rings (SSSR count). The fraction of sp³-hybridized carbons (Fsp3) is 0.522. The Hall–Kier alpha value is -2.67. The second kappa shape index (κ2) is 7.87. The Morgan fingerprint density at radius 3 is 2.50 bits per heavy atom. The largest absolute Gasteiger partial charge is 0.381 e. The van der Waals surface area contributed by atoms with Crippen LogP contribution in [0.25, 0.3) is 0 Å². The lowest BCUT2D eigenvalue weighted by atomic mass is 9.89. The highest BCUT2D eigenvalue weighted by molar-refractivity contribution is 5.93. The van der Waals surface area contributed by atoms with Gasteiger partial charge < -0.3 is 14.5 Å². The Labute approximate surface area is 176 Å². The number of amides is 2. The van der Waals surface area contributed by atoms with Gasteiger partial charge in [0.15, 0.2) is 0 Å². The predicted octanol–water partition coefficient (Wildman–Crippen LogP) is 2.12. The highest BCUT2D eigenvalue weighted by Crippen LogP contribution is 2.46. The molecule has 3 saturated heterocycles. The van der Waals surface area contributed by atoms with Gasteiger partial charge in [-0.1, -0.05) is 30.3 Å². The lowest BCUT2D eigenvalue weighted by Gasteiger charge is -2.31. The first-order chi connectivity index (χ1) is 14.6. The molecule has 2 aromatic rings. The fourth-order valence-electron chi connectivity index (χ4n) is 5.44. The second-order valence-electron chi connectivity index (χ2n) is 8.71. The molecule has 158 valence electrons. The van der Waals surface area contributed by atoms with E-state index in [0.29, 0.717) is 31.4 Å². The third-order valence-electron chi connectivity index (χ3n) is 6.99. The van der Waals surface area contributed by atoms with Gasteiger partial charge in [0.1, 0.15) is 5.69 Å². The van der Waals surface area contributed by atoms with Crippen molar-refractivity contribution in [3.63, 3.8) is 0 Å². The predicted molar refractivity (Wildman–Crippen MR) is 111 cm³/mol. The molecular weight excluding hydrogens is 380 g/mol. The standard InChI is InChI=1S/C23H28N4O3/c1-25-20(7-10-24-25)23(29)27-14-18-13-26(22(28)17-8-11-30-12-9-17)15-19(18)21(27)16-5-3-2-4-6-16/h2-7,10,17-19,21H,8-9,11-15H2,1H3/t18-,19-,21-/m0/s1. The molecule has 7 nitrogen and oxygen atoms in total. The van der Waals surface area contributed by atoms with Crippen LogP contribution in [0.4, 0.5) is 0 Å². The van der Waals surface area contributed by atoms with Crippen molar-refractivity contribution in [3.05, 3.63) is 53.9 Å². The zero-order valence-electron chi connectivity index (χ0n) is 17.3. The first kappa shape index (κ1) is 19.3. The maximum absolute atomic E-state index is 13.4. The summed E-state index contributed by atoms with van der Waals surface area (Å²) in [6.07, 6.45) is 3.30. The van der Waals surface area contributed by atoms with Gasteiger partial charge in [-0.3, -0.25) is 14.3 Å². The van der Waals surface area contributed by atoms with Crippen LogP contribution in [0.5, 0.6) is 0 Å². The van der Waals surface area contributed by atoms with E-state index in [1.165, 1.54) is 0 Å².